The van der Waals surface area contributed by atoms with Crippen LogP contribution < -0.4 is 5.32 Å². The summed E-state index contributed by atoms with van der Waals surface area (Å²) in [6.45, 7) is 1.67. The van der Waals surface area contributed by atoms with Gasteiger partial charge in [0.1, 0.15) is 5.82 Å². The number of aromatic carboxylic acids is 1. The second-order valence-electron chi connectivity index (χ2n) is 3.70. The predicted octanol–water partition coefficient (Wildman–Crippen LogP) is 2.37. The number of nitrogens with zero attached hydrogens (tertiary/aromatic N) is 2. The molecule has 0 fully saturated rings. The van der Waals surface area contributed by atoms with Gasteiger partial charge in [0.15, 0.2) is 11.5 Å². The van der Waals surface area contributed by atoms with E-state index in [1.54, 1.807) is 19.1 Å². The van der Waals surface area contributed by atoms with Crippen LogP contribution >= 0.6 is 0 Å². The highest BCUT2D eigenvalue weighted by Gasteiger charge is 2.05. The first kappa shape index (κ1) is 12.0. The zero-order chi connectivity index (χ0) is 13.1. The highest BCUT2D eigenvalue weighted by atomic mass is 19.1. The minimum absolute atomic E-state index is 0.143. The number of aryl methyl sites for hydroxylation is 1. The van der Waals surface area contributed by atoms with Crippen LogP contribution in [0.1, 0.15) is 16.1 Å². The number of benzene rings is 1. The van der Waals surface area contributed by atoms with E-state index in [2.05, 4.69) is 15.5 Å². The van der Waals surface area contributed by atoms with Crippen LogP contribution in [0.25, 0.3) is 0 Å². The largest absolute Gasteiger partial charge is 0.476 e. The maximum absolute atomic E-state index is 13.3. The first-order valence-corrected chi connectivity index (χ1v) is 5.16. The lowest BCUT2D eigenvalue weighted by atomic mass is 10.2. The number of nitrogens with one attached hydrogen (secondary N) is 1. The monoisotopic (exact) mass is 247 g/mol. The molecular weight excluding hydrogens is 237 g/mol. The number of halogens is 1. The molecule has 0 bridgehead atoms. The van der Waals surface area contributed by atoms with Crippen LogP contribution in [0.4, 0.5) is 15.9 Å². The summed E-state index contributed by atoms with van der Waals surface area (Å²) in [5.41, 5.74) is 0.930. The summed E-state index contributed by atoms with van der Waals surface area (Å²) in [7, 11) is 0. The van der Waals surface area contributed by atoms with Crippen LogP contribution in [0.2, 0.25) is 0 Å². The molecule has 2 rings (SSSR count). The smallest absolute Gasteiger partial charge is 0.356 e. The van der Waals surface area contributed by atoms with Crippen LogP contribution in [0, 0.1) is 12.7 Å². The fourth-order valence-corrected chi connectivity index (χ4v) is 1.33. The third kappa shape index (κ3) is 2.60. The van der Waals surface area contributed by atoms with Crippen molar-refractivity contribution in [1.29, 1.82) is 0 Å². The molecule has 0 amide bonds. The van der Waals surface area contributed by atoms with Crippen LogP contribution in [-0.4, -0.2) is 21.3 Å². The summed E-state index contributed by atoms with van der Waals surface area (Å²) in [4.78, 5) is 10.6. The van der Waals surface area contributed by atoms with Gasteiger partial charge in [-0.05, 0) is 36.8 Å². The van der Waals surface area contributed by atoms with Gasteiger partial charge in [-0.25, -0.2) is 9.18 Å². The van der Waals surface area contributed by atoms with Crippen molar-refractivity contribution in [3.8, 4) is 0 Å². The van der Waals surface area contributed by atoms with Gasteiger partial charge in [-0.1, -0.05) is 6.07 Å². The summed E-state index contributed by atoms with van der Waals surface area (Å²) >= 11 is 0. The minimum atomic E-state index is -1.14. The minimum Gasteiger partial charge on any atom is -0.476 e. The van der Waals surface area contributed by atoms with E-state index < -0.39 is 5.97 Å². The highest BCUT2D eigenvalue weighted by Crippen LogP contribution is 2.17. The van der Waals surface area contributed by atoms with Crippen molar-refractivity contribution in [3.63, 3.8) is 0 Å². The normalized spacial score (nSPS) is 10.1. The zero-order valence-electron chi connectivity index (χ0n) is 9.51. The number of aromatic nitrogens is 2. The Morgan fingerprint density at radius 3 is 2.61 bits per heavy atom. The molecule has 0 saturated carbocycles. The molecule has 2 aromatic rings. The van der Waals surface area contributed by atoms with E-state index >= 15 is 0 Å². The summed E-state index contributed by atoms with van der Waals surface area (Å²) in [6, 6.07) is 7.46. The Bertz CT molecular complexity index is 584. The maximum Gasteiger partial charge on any atom is 0.356 e. The van der Waals surface area contributed by atoms with Gasteiger partial charge in [0, 0.05) is 5.69 Å². The number of anilines is 2. The molecule has 0 aliphatic rings. The van der Waals surface area contributed by atoms with E-state index in [1.165, 1.54) is 18.2 Å². The summed E-state index contributed by atoms with van der Waals surface area (Å²) in [5.74, 6) is -1.12. The molecule has 0 unspecified atom stereocenters. The first-order chi connectivity index (χ1) is 8.56. The van der Waals surface area contributed by atoms with Gasteiger partial charge in [-0.15, -0.1) is 10.2 Å². The molecule has 18 heavy (non-hydrogen) atoms. The molecule has 5 nitrogen and oxygen atoms in total. The van der Waals surface area contributed by atoms with Crippen LogP contribution in [0.3, 0.4) is 0 Å². The number of hydrogen-bond donors (Lipinski definition) is 2. The number of carboxylic acid groups (broad SMARTS) is 1. The third-order valence-corrected chi connectivity index (χ3v) is 2.33. The number of rotatable bonds is 3. The van der Waals surface area contributed by atoms with E-state index in [0.29, 0.717) is 17.1 Å². The van der Waals surface area contributed by atoms with Crippen molar-refractivity contribution in [2.75, 3.05) is 5.32 Å². The van der Waals surface area contributed by atoms with Crippen LogP contribution in [0.15, 0.2) is 30.3 Å². The Morgan fingerprint density at radius 2 is 2.06 bits per heavy atom. The fraction of sp³-hybridized carbons (Fsp3) is 0.0833. The van der Waals surface area contributed by atoms with Crippen molar-refractivity contribution in [3.05, 3.63) is 47.4 Å². The van der Waals surface area contributed by atoms with Gasteiger partial charge < -0.3 is 10.4 Å². The molecule has 92 valence electrons. The van der Waals surface area contributed by atoms with E-state index in [-0.39, 0.29) is 11.5 Å². The van der Waals surface area contributed by atoms with Crippen molar-refractivity contribution in [2.45, 2.75) is 6.92 Å². The zero-order valence-corrected chi connectivity index (χ0v) is 9.51. The molecule has 0 aliphatic carbocycles. The lowest BCUT2D eigenvalue weighted by Gasteiger charge is -2.05. The maximum atomic E-state index is 13.3. The second kappa shape index (κ2) is 4.79. The molecule has 1 aromatic carbocycles. The molecular formula is C12H10FN3O2. The standard InChI is InChI=1S/C12H10FN3O2/c1-7-2-3-8(6-9(7)13)14-11-5-4-10(12(17)18)15-16-11/h2-6H,1H3,(H,14,16)(H,17,18). The summed E-state index contributed by atoms with van der Waals surface area (Å²) in [6.07, 6.45) is 0. The molecule has 0 aliphatic heterocycles. The Balaban J connectivity index is 2.18. The lowest BCUT2D eigenvalue weighted by Crippen LogP contribution is -2.03. The average molecular weight is 247 g/mol. The topological polar surface area (TPSA) is 75.1 Å². The van der Waals surface area contributed by atoms with Crippen LogP contribution in [0.5, 0.6) is 0 Å². The molecule has 0 spiro atoms. The average Bonchev–Trinajstić information content (AvgIpc) is 2.34. The predicted molar refractivity (Wildman–Crippen MR) is 63.4 cm³/mol. The van der Waals surface area contributed by atoms with Crippen molar-refractivity contribution in [2.24, 2.45) is 0 Å². The molecule has 0 radical (unpaired) electrons. The highest BCUT2D eigenvalue weighted by molar-refractivity contribution is 5.85. The SMILES string of the molecule is Cc1ccc(Nc2ccc(C(=O)O)nn2)cc1F. The Morgan fingerprint density at radius 1 is 1.28 bits per heavy atom. The second-order valence-corrected chi connectivity index (χ2v) is 3.70. The van der Waals surface area contributed by atoms with Gasteiger partial charge in [-0.2, -0.15) is 0 Å². The fourth-order valence-electron chi connectivity index (χ4n) is 1.33. The van der Waals surface area contributed by atoms with Gasteiger partial charge in [-0.3, -0.25) is 0 Å². The molecule has 6 heteroatoms. The molecule has 1 aromatic heterocycles. The van der Waals surface area contributed by atoms with Crippen molar-refractivity contribution >= 4 is 17.5 Å². The van der Waals surface area contributed by atoms with E-state index in [4.69, 9.17) is 5.11 Å². The number of hydrogen-bond acceptors (Lipinski definition) is 4. The number of carbonyl (C=O) groups is 1. The molecule has 2 N–H and O–H groups in total. The van der Waals surface area contributed by atoms with Gasteiger partial charge in [0.05, 0.1) is 0 Å². The quantitative estimate of drug-likeness (QED) is 0.870. The van der Waals surface area contributed by atoms with Crippen molar-refractivity contribution < 1.29 is 14.3 Å². The Labute approximate surface area is 102 Å². The van der Waals surface area contributed by atoms with Gasteiger partial charge in [0.2, 0.25) is 0 Å². The first-order valence-electron chi connectivity index (χ1n) is 5.16. The molecule has 1 heterocycles. The Hall–Kier alpha value is -2.50. The van der Waals surface area contributed by atoms with Gasteiger partial charge in [0.25, 0.3) is 0 Å². The van der Waals surface area contributed by atoms with E-state index in [1.807, 2.05) is 0 Å². The number of carboxylic acids is 1. The lowest BCUT2D eigenvalue weighted by molar-refractivity contribution is 0.0689. The summed E-state index contributed by atoms with van der Waals surface area (Å²) < 4.78 is 13.3. The summed E-state index contributed by atoms with van der Waals surface area (Å²) in [5, 5.41) is 18.7. The third-order valence-electron chi connectivity index (χ3n) is 2.33. The van der Waals surface area contributed by atoms with E-state index in [0.717, 1.165) is 0 Å². The van der Waals surface area contributed by atoms with Crippen molar-refractivity contribution in [1.82, 2.24) is 10.2 Å². The molecule has 0 saturated heterocycles. The van der Waals surface area contributed by atoms with Gasteiger partial charge >= 0.3 is 5.97 Å². The van der Waals surface area contributed by atoms with E-state index in [9.17, 15) is 9.18 Å². The van der Waals surface area contributed by atoms with Crippen LogP contribution in [-0.2, 0) is 0 Å². The Kier molecular flexibility index (Phi) is 3.18. The molecule has 0 atom stereocenters.